The van der Waals surface area contributed by atoms with Crippen LogP contribution in [0.1, 0.15) is 27.2 Å². The molecule has 1 aromatic carbocycles. The van der Waals surface area contributed by atoms with Gasteiger partial charge in [0.15, 0.2) is 5.84 Å². The van der Waals surface area contributed by atoms with Crippen molar-refractivity contribution in [2.24, 2.45) is 16.8 Å². The maximum atomic E-state index is 14.1. The number of nitrogens with one attached hydrogen (secondary N) is 1. The van der Waals surface area contributed by atoms with Crippen molar-refractivity contribution in [3.05, 3.63) is 82.9 Å². The maximum absolute atomic E-state index is 14.1. The average Bonchev–Trinajstić information content (AvgIpc) is 2.93. The minimum Gasteiger partial charge on any atom is -0.473 e. The molecule has 0 atom stereocenters. The summed E-state index contributed by atoms with van der Waals surface area (Å²) in [5, 5.41) is 12.4. The molecule has 1 fully saturated rings. The molecule has 0 spiro atoms. The predicted molar refractivity (Wildman–Crippen MR) is 130 cm³/mol. The van der Waals surface area contributed by atoms with E-state index in [9.17, 15) is 9.18 Å². The largest absolute Gasteiger partial charge is 0.473 e. The summed E-state index contributed by atoms with van der Waals surface area (Å²) >= 11 is 0. The van der Waals surface area contributed by atoms with Crippen LogP contribution in [0.5, 0.6) is 5.88 Å². The van der Waals surface area contributed by atoms with Crippen molar-refractivity contribution >= 4 is 17.6 Å². The minimum absolute atomic E-state index is 0.0108. The number of pyridine rings is 2. The number of anilines is 1. The van der Waals surface area contributed by atoms with Gasteiger partial charge in [0.2, 0.25) is 5.88 Å². The van der Waals surface area contributed by atoms with Crippen LogP contribution in [-0.2, 0) is 6.61 Å². The van der Waals surface area contributed by atoms with Gasteiger partial charge in [0, 0.05) is 44.0 Å². The fourth-order valence-corrected chi connectivity index (χ4v) is 3.71. The van der Waals surface area contributed by atoms with E-state index in [4.69, 9.17) is 21.7 Å². The van der Waals surface area contributed by atoms with E-state index in [2.05, 4.69) is 25.4 Å². The maximum Gasteiger partial charge on any atom is 0.255 e. The topological polar surface area (TPSA) is 159 Å². The number of ether oxygens (including phenoxy) is 1. The summed E-state index contributed by atoms with van der Waals surface area (Å²) in [6, 6.07) is 14.8. The molecule has 11 nitrogen and oxygen atoms in total. The third-order valence-electron chi connectivity index (χ3n) is 5.68. The summed E-state index contributed by atoms with van der Waals surface area (Å²) in [6.07, 6.45) is 1.46. The molecule has 1 aliphatic rings. The molecule has 3 aromatic rings. The first-order chi connectivity index (χ1) is 17.5. The van der Waals surface area contributed by atoms with Crippen LogP contribution < -0.4 is 26.7 Å². The van der Waals surface area contributed by atoms with Crippen molar-refractivity contribution in [3.8, 4) is 11.9 Å². The molecule has 1 amide bonds. The number of nitrogens with zero attached hydrogens (tertiary/aromatic N) is 6. The Kier molecular flexibility index (Phi) is 7.52. The van der Waals surface area contributed by atoms with Crippen LogP contribution in [-0.4, -0.2) is 52.8 Å². The molecule has 0 unspecified atom stereocenters. The Morgan fingerprint density at radius 3 is 2.64 bits per heavy atom. The Morgan fingerprint density at radius 2 is 2.00 bits per heavy atom. The Bertz CT molecular complexity index is 1300. The SMILES string of the molecule is N#Cc1ccc(COc2cccc(N3CCN(C(=O)c4ccc(/C(=N/N)NN)nc4)CC3)n2)c(F)c1. The number of benzene rings is 1. The van der Waals surface area contributed by atoms with Crippen LogP contribution in [0.3, 0.4) is 0 Å². The van der Waals surface area contributed by atoms with Gasteiger partial charge in [0.25, 0.3) is 5.91 Å². The average molecular weight is 490 g/mol. The number of rotatable bonds is 6. The van der Waals surface area contributed by atoms with Crippen molar-refractivity contribution in [1.29, 1.82) is 5.26 Å². The van der Waals surface area contributed by atoms with Crippen LogP contribution >= 0.6 is 0 Å². The molecule has 0 bridgehead atoms. The van der Waals surface area contributed by atoms with Crippen molar-refractivity contribution in [1.82, 2.24) is 20.3 Å². The van der Waals surface area contributed by atoms with Gasteiger partial charge in [-0.05, 0) is 30.3 Å². The van der Waals surface area contributed by atoms with Crippen LogP contribution in [0.15, 0.2) is 59.8 Å². The number of carbonyl (C=O) groups excluding carboxylic acids is 1. The lowest BCUT2D eigenvalue weighted by atomic mass is 10.1. The Labute approximate surface area is 206 Å². The van der Waals surface area contributed by atoms with Crippen LogP contribution in [0.4, 0.5) is 10.2 Å². The fourth-order valence-electron chi connectivity index (χ4n) is 3.71. The third kappa shape index (κ3) is 5.48. The first-order valence-electron chi connectivity index (χ1n) is 11.1. The highest BCUT2D eigenvalue weighted by atomic mass is 19.1. The number of hydrogen-bond donors (Lipinski definition) is 3. The number of amides is 1. The number of hydrazone groups is 1. The van der Waals surface area contributed by atoms with Gasteiger partial charge in [-0.3, -0.25) is 9.78 Å². The highest BCUT2D eigenvalue weighted by Gasteiger charge is 2.23. The standard InChI is InChI=1S/C24H24FN9O2/c25-19-12-16(13-26)4-5-18(19)15-36-22-3-1-2-21(30-22)33-8-10-34(11-9-33)24(35)17-6-7-20(29-14-17)23(31-27)32-28/h1-7,12,14H,8-11,15,27-28H2,(H,31,32). The van der Waals surface area contributed by atoms with Crippen molar-refractivity contribution in [3.63, 3.8) is 0 Å². The van der Waals surface area contributed by atoms with Gasteiger partial charge in [0.05, 0.1) is 17.2 Å². The minimum atomic E-state index is -0.500. The molecule has 0 radical (unpaired) electrons. The fraction of sp³-hybridized carbons (Fsp3) is 0.208. The summed E-state index contributed by atoms with van der Waals surface area (Å²) in [6.45, 7) is 2.16. The lowest BCUT2D eigenvalue weighted by Crippen LogP contribution is -2.49. The monoisotopic (exact) mass is 489 g/mol. The first kappa shape index (κ1) is 24.4. The van der Waals surface area contributed by atoms with Gasteiger partial charge in [-0.25, -0.2) is 10.2 Å². The van der Waals surface area contributed by atoms with Gasteiger partial charge in [-0.2, -0.15) is 15.3 Å². The molecular formula is C24H24FN9O2. The normalized spacial score (nSPS) is 13.8. The van der Waals surface area contributed by atoms with E-state index < -0.39 is 5.82 Å². The molecule has 3 heterocycles. The lowest BCUT2D eigenvalue weighted by Gasteiger charge is -2.35. The van der Waals surface area contributed by atoms with E-state index in [1.807, 2.05) is 18.2 Å². The molecular weight excluding hydrogens is 465 g/mol. The molecule has 2 aromatic heterocycles. The second-order valence-electron chi connectivity index (χ2n) is 7.87. The van der Waals surface area contributed by atoms with E-state index in [1.54, 1.807) is 29.2 Å². The van der Waals surface area contributed by atoms with E-state index >= 15 is 0 Å². The first-order valence-corrected chi connectivity index (χ1v) is 11.1. The summed E-state index contributed by atoms with van der Waals surface area (Å²) in [5.41, 5.74) is 3.81. The molecule has 1 saturated heterocycles. The molecule has 0 saturated carbocycles. The summed E-state index contributed by atoms with van der Waals surface area (Å²) < 4.78 is 19.8. The number of piperazine rings is 1. The molecule has 4 rings (SSSR count). The van der Waals surface area contributed by atoms with Gasteiger partial charge < -0.3 is 25.8 Å². The molecule has 5 N–H and O–H groups in total. The van der Waals surface area contributed by atoms with Crippen molar-refractivity contribution in [2.45, 2.75) is 6.61 Å². The van der Waals surface area contributed by atoms with Gasteiger partial charge in [-0.1, -0.05) is 12.1 Å². The Morgan fingerprint density at radius 1 is 1.19 bits per heavy atom. The number of nitriles is 1. The number of hydrogen-bond acceptors (Lipinski definition) is 9. The zero-order valence-electron chi connectivity index (χ0n) is 19.3. The highest BCUT2D eigenvalue weighted by Crippen LogP contribution is 2.20. The summed E-state index contributed by atoms with van der Waals surface area (Å²) in [7, 11) is 0. The molecule has 0 aliphatic carbocycles. The van der Waals surface area contributed by atoms with E-state index in [-0.39, 0.29) is 23.9 Å². The second-order valence-corrected chi connectivity index (χ2v) is 7.87. The van der Waals surface area contributed by atoms with Gasteiger partial charge >= 0.3 is 0 Å². The summed E-state index contributed by atoms with van der Waals surface area (Å²) in [5.74, 6) is 11.2. The van der Waals surface area contributed by atoms with Crippen molar-refractivity contribution in [2.75, 3.05) is 31.1 Å². The lowest BCUT2D eigenvalue weighted by molar-refractivity contribution is 0.0746. The number of carbonyl (C=O) groups is 1. The number of aromatic nitrogens is 2. The van der Waals surface area contributed by atoms with Crippen LogP contribution in [0.2, 0.25) is 0 Å². The zero-order chi connectivity index (χ0) is 25.5. The van der Waals surface area contributed by atoms with Crippen LogP contribution in [0, 0.1) is 17.1 Å². The summed E-state index contributed by atoms with van der Waals surface area (Å²) in [4.78, 5) is 25.4. The molecule has 36 heavy (non-hydrogen) atoms. The van der Waals surface area contributed by atoms with E-state index in [0.29, 0.717) is 54.7 Å². The Hall–Kier alpha value is -4.76. The van der Waals surface area contributed by atoms with Crippen molar-refractivity contribution < 1.29 is 13.9 Å². The quantitative estimate of drug-likeness (QED) is 0.200. The smallest absolute Gasteiger partial charge is 0.255 e. The third-order valence-corrected chi connectivity index (χ3v) is 5.68. The van der Waals surface area contributed by atoms with E-state index in [1.165, 1.54) is 18.3 Å². The molecule has 1 aliphatic heterocycles. The van der Waals surface area contributed by atoms with Crippen LogP contribution in [0.25, 0.3) is 0 Å². The molecule has 184 valence electrons. The van der Waals surface area contributed by atoms with Gasteiger partial charge in [0.1, 0.15) is 23.9 Å². The predicted octanol–water partition coefficient (Wildman–Crippen LogP) is 1.11. The highest BCUT2D eigenvalue weighted by molar-refractivity contribution is 5.98. The number of hydrazine groups is 1. The number of nitrogens with two attached hydrogens (primary N) is 2. The second kappa shape index (κ2) is 11.1. The number of amidine groups is 1. The zero-order valence-corrected chi connectivity index (χ0v) is 19.3. The number of halogens is 1. The van der Waals surface area contributed by atoms with E-state index in [0.717, 1.165) is 0 Å². The Balaban J connectivity index is 1.34. The van der Waals surface area contributed by atoms with Gasteiger partial charge in [-0.15, -0.1) is 0 Å². The molecule has 12 heteroatoms.